The summed E-state index contributed by atoms with van der Waals surface area (Å²) in [5, 5.41) is 10.2. The van der Waals surface area contributed by atoms with Gasteiger partial charge in [0, 0.05) is 44.7 Å². The Morgan fingerprint density at radius 1 is 1.46 bits per heavy atom. The van der Waals surface area contributed by atoms with Crippen LogP contribution in [0.1, 0.15) is 29.6 Å². The fraction of sp³-hybridized carbons (Fsp3) is 0.647. The zero-order chi connectivity index (χ0) is 17.3. The van der Waals surface area contributed by atoms with Gasteiger partial charge < -0.3 is 25.0 Å². The number of piperidine rings is 1. The van der Waals surface area contributed by atoms with Crippen molar-refractivity contribution in [2.45, 2.75) is 31.5 Å². The number of hydrogen-bond donors (Lipinski definition) is 2. The van der Waals surface area contributed by atoms with Crippen molar-refractivity contribution in [1.29, 1.82) is 0 Å². The Labute approximate surface area is 141 Å². The van der Waals surface area contributed by atoms with E-state index in [0.29, 0.717) is 45.5 Å². The number of amides is 1. The number of hydrogen-bond acceptors (Lipinski definition) is 5. The van der Waals surface area contributed by atoms with Gasteiger partial charge in [0.05, 0.1) is 18.8 Å². The van der Waals surface area contributed by atoms with Gasteiger partial charge in [0.15, 0.2) is 0 Å². The maximum Gasteiger partial charge on any atom is 0.263 e. The van der Waals surface area contributed by atoms with Crippen LogP contribution in [0.3, 0.4) is 0 Å². The molecule has 1 saturated heterocycles. The van der Waals surface area contributed by atoms with Gasteiger partial charge in [-0.25, -0.2) is 0 Å². The van der Waals surface area contributed by atoms with Gasteiger partial charge in [-0.05, 0) is 25.0 Å². The molecule has 0 radical (unpaired) electrons. The third kappa shape index (κ3) is 2.76. The second kappa shape index (κ2) is 6.66. The Kier molecular flexibility index (Phi) is 4.76. The van der Waals surface area contributed by atoms with E-state index in [1.54, 1.807) is 30.3 Å². The van der Waals surface area contributed by atoms with Crippen LogP contribution in [0.2, 0.25) is 0 Å². The van der Waals surface area contributed by atoms with Gasteiger partial charge in [0.25, 0.3) is 11.5 Å². The molecule has 2 aliphatic rings. The van der Waals surface area contributed by atoms with E-state index in [1.807, 2.05) is 0 Å². The highest BCUT2D eigenvalue weighted by atomic mass is 16.5. The number of carbonyl (C=O) groups excluding carboxylic acids is 1. The predicted octanol–water partition coefficient (Wildman–Crippen LogP) is -0.284. The molecule has 2 heterocycles. The fourth-order valence-corrected chi connectivity index (χ4v) is 3.88. The minimum absolute atomic E-state index is 0.0119. The molecule has 1 aromatic rings. The van der Waals surface area contributed by atoms with Gasteiger partial charge in [-0.2, -0.15) is 0 Å². The molecule has 3 N–H and O–H groups in total. The predicted molar refractivity (Wildman–Crippen MR) is 88.7 cm³/mol. The first-order valence-electron chi connectivity index (χ1n) is 8.44. The molecule has 1 aromatic heterocycles. The summed E-state index contributed by atoms with van der Waals surface area (Å²) in [7, 11) is 1.63. The standard InChI is InChI=1S/C17H25N3O4/c1-19-7-2-3-12(15(19)22)16(23)20-8-4-17(5-9-20)13(21)11-14(17)24-10-6-18/h2-3,7,13-14,21H,4-6,8-11,18H2,1H3/t13-,14+/m0/s1. The van der Waals surface area contributed by atoms with Gasteiger partial charge in [-0.15, -0.1) is 0 Å². The average molecular weight is 335 g/mol. The molecule has 1 spiro atoms. The zero-order valence-corrected chi connectivity index (χ0v) is 14.0. The van der Waals surface area contributed by atoms with Crippen LogP contribution in [0.4, 0.5) is 0 Å². The molecule has 132 valence electrons. The van der Waals surface area contributed by atoms with E-state index in [-0.39, 0.29) is 34.7 Å². The first-order valence-corrected chi connectivity index (χ1v) is 8.44. The van der Waals surface area contributed by atoms with Crippen molar-refractivity contribution in [1.82, 2.24) is 9.47 Å². The number of aromatic nitrogens is 1. The molecule has 0 bridgehead atoms. The largest absolute Gasteiger partial charge is 0.392 e. The average Bonchev–Trinajstić information content (AvgIpc) is 2.60. The van der Waals surface area contributed by atoms with E-state index in [2.05, 4.69) is 0 Å². The van der Waals surface area contributed by atoms with Crippen LogP contribution in [0.5, 0.6) is 0 Å². The lowest BCUT2D eigenvalue weighted by molar-refractivity contribution is -0.207. The minimum Gasteiger partial charge on any atom is -0.392 e. The lowest BCUT2D eigenvalue weighted by Crippen LogP contribution is -2.63. The zero-order valence-electron chi connectivity index (χ0n) is 14.0. The van der Waals surface area contributed by atoms with Crippen LogP contribution in [0.15, 0.2) is 23.1 Å². The Hall–Kier alpha value is -1.70. The molecule has 0 unspecified atom stereocenters. The number of nitrogens with zero attached hydrogens (tertiary/aromatic N) is 2. The molecule has 24 heavy (non-hydrogen) atoms. The van der Waals surface area contributed by atoms with Crippen LogP contribution in [-0.4, -0.2) is 58.9 Å². The molecule has 3 rings (SSSR count). The number of aliphatic hydroxyl groups excluding tert-OH is 1. The quantitative estimate of drug-likeness (QED) is 0.788. The van der Waals surface area contributed by atoms with Crippen molar-refractivity contribution in [3.8, 4) is 0 Å². The lowest BCUT2D eigenvalue weighted by atomic mass is 9.58. The van der Waals surface area contributed by atoms with Crippen LogP contribution in [-0.2, 0) is 11.8 Å². The van der Waals surface area contributed by atoms with Crippen LogP contribution in [0.25, 0.3) is 0 Å². The highest BCUT2D eigenvalue weighted by molar-refractivity contribution is 5.93. The molecular weight excluding hydrogens is 310 g/mol. The number of nitrogens with two attached hydrogens (primary N) is 1. The monoisotopic (exact) mass is 335 g/mol. The van der Waals surface area contributed by atoms with Gasteiger partial charge >= 0.3 is 0 Å². The fourth-order valence-electron chi connectivity index (χ4n) is 3.88. The van der Waals surface area contributed by atoms with Crippen LogP contribution in [0, 0.1) is 5.41 Å². The molecule has 1 aliphatic heterocycles. The third-order valence-electron chi connectivity index (χ3n) is 5.51. The van der Waals surface area contributed by atoms with Crippen molar-refractivity contribution in [3.63, 3.8) is 0 Å². The summed E-state index contributed by atoms with van der Waals surface area (Å²) in [6, 6.07) is 3.27. The number of pyridine rings is 1. The summed E-state index contributed by atoms with van der Waals surface area (Å²) in [6.45, 7) is 2.00. The van der Waals surface area contributed by atoms with E-state index >= 15 is 0 Å². The van der Waals surface area contributed by atoms with Crippen molar-refractivity contribution >= 4 is 5.91 Å². The SMILES string of the molecule is Cn1cccc(C(=O)N2CCC3(CC2)[C@@H](O)C[C@H]3OCCN)c1=O. The highest BCUT2D eigenvalue weighted by Crippen LogP contribution is 2.50. The minimum atomic E-state index is -0.387. The Morgan fingerprint density at radius 3 is 2.79 bits per heavy atom. The molecular formula is C17H25N3O4. The highest BCUT2D eigenvalue weighted by Gasteiger charge is 2.56. The van der Waals surface area contributed by atoms with Gasteiger partial charge in [-0.3, -0.25) is 9.59 Å². The summed E-state index contributed by atoms with van der Waals surface area (Å²) in [4.78, 5) is 26.4. The maximum absolute atomic E-state index is 12.6. The van der Waals surface area contributed by atoms with Gasteiger partial charge in [0.1, 0.15) is 5.56 Å². The molecule has 7 heteroatoms. The summed E-state index contributed by atoms with van der Waals surface area (Å²) in [5.41, 5.74) is 5.13. The summed E-state index contributed by atoms with van der Waals surface area (Å²) in [6.07, 6.45) is 3.26. The Bertz CT molecular complexity index is 664. The molecule has 1 saturated carbocycles. The van der Waals surface area contributed by atoms with Gasteiger partial charge in [-0.1, -0.05) is 0 Å². The Balaban J connectivity index is 1.67. The smallest absolute Gasteiger partial charge is 0.263 e. The molecule has 0 aromatic carbocycles. The number of carbonyl (C=O) groups is 1. The molecule has 1 amide bonds. The lowest BCUT2D eigenvalue weighted by Gasteiger charge is -2.56. The summed E-state index contributed by atoms with van der Waals surface area (Å²) < 4.78 is 7.17. The summed E-state index contributed by atoms with van der Waals surface area (Å²) in [5.74, 6) is -0.237. The Morgan fingerprint density at radius 2 is 2.17 bits per heavy atom. The normalized spacial score (nSPS) is 25.5. The number of rotatable bonds is 4. The van der Waals surface area contributed by atoms with E-state index in [1.165, 1.54) is 4.57 Å². The molecule has 1 aliphatic carbocycles. The number of likely N-dealkylation sites (tertiary alicyclic amines) is 1. The van der Waals surface area contributed by atoms with Crippen LogP contribution < -0.4 is 11.3 Å². The van der Waals surface area contributed by atoms with Crippen LogP contribution >= 0.6 is 0 Å². The van der Waals surface area contributed by atoms with E-state index in [9.17, 15) is 14.7 Å². The number of aliphatic hydroxyl groups is 1. The van der Waals surface area contributed by atoms with E-state index < -0.39 is 0 Å². The van der Waals surface area contributed by atoms with Crippen molar-refractivity contribution in [3.05, 3.63) is 34.2 Å². The van der Waals surface area contributed by atoms with E-state index in [0.717, 1.165) is 0 Å². The van der Waals surface area contributed by atoms with Crippen molar-refractivity contribution in [2.75, 3.05) is 26.2 Å². The second-order valence-corrected chi connectivity index (χ2v) is 6.76. The molecule has 7 nitrogen and oxygen atoms in total. The maximum atomic E-state index is 12.6. The first-order chi connectivity index (χ1) is 11.5. The first kappa shape index (κ1) is 17.1. The van der Waals surface area contributed by atoms with Crippen molar-refractivity contribution in [2.24, 2.45) is 18.2 Å². The number of aryl methyl sites for hydroxylation is 1. The third-order valence-corrected chi connectivity index (χ3v) is 5.51. The topological polar surface area (TPSA) is 97.8 Å². The van der Waals surface area contributed by atoms with Crippen molar-refractivity contribution < 1.29 is 14.6 Å². The van der Waals surface area contributed by atoms with Gasteiger partial charge in [0.2, 0.25) is 0 Å². The molecule has 2 fully saturated rings. The molecule has 2 atom stereocenters. The number of ether oxygens (including phenoxy) is 1. The second-order valence-electron chi connectivity index (χ2n) is 6.76. The summed E-state index contributed by atoms with van der Waals surface area (Å²) >= 11 is 0. The van der Waals surface area contributed by atoms with E-state index in [4.69, 9.17) is 10.5 Å².